The van der Waals surface area contributed by atoms with Crippen molar-refractivity contribution < 1.29 is 4.79 Å². The van der Waals surface area contributed by atoms with Gasteiger partial charge in [-0.1, -0.05) is 54.6 Å². The molecule has 0 bridgehead atoms. The molecule has 0 fully saturated rings. The second-order valence-electron chi connectivity index (χ2n) is 5.99. The zero-order chi connectivity index (χ0) is 17.6. The van der Waals surface area contributed by atoms with Crippen molar-refractivity contribution in [2.24, 2.45) is 4.99 Å². The highest BCUT2D eigenvalue weighted by Gasteiger charge is 2.14. The highest BCUT2D eigenvalue weighted by Crippen LogP contribution is 2.17. The van der Waals surface area contributed by atoms with Crippen LogP contribution in [0.1, 0.15) is 21.5 Å². The lowest BCUT2D eigenvalue weighted by Gasteiger charge is -2.10. The van der Waals surface area contributed by atoms with Gasteiger partial charge >= 0.3 is 0 Å². The molecule has 0 unspecified atom stereocenters. The summed E-state index contributed by atoms with van der Waals surface area (Å²) in [4.78, 5) is 17.5. The van der Waals surface area contributed by atoms with Crippen LogP contribution in [0, 0.1) is 13.8 Å². The first-order chi connectivity index (χ1) is 12.1. The molecule has 3 nitrogen and oxygen atoms in total. The summed E-state index contributed by atoms with van der Waals surface area (Å²) < 4.78 is 0. The van der Waals surface area contributed by atoms with Crippen molar-refractivity contribution >= 4 is 23.0 Å². The van der Waals surface area contributed by atoms with E-state index in [1.54, 1.807) is 12.1 Å². The molecule has 0 amide bonds. The van der Waals surface area contributed by atoms with E-state index in [4.69, 9.17) is 0 Å². The van der Waals surface area contributed by atoms with Gasteiger partial charge in [0.25, 0.3) is 0 Å². The minimum absolute atomic E-state index is 0.136. The van der Waals surface area contributed by atoms with E-state index in [1.807, 2.05) is 80.6 Å². The normalized spacial score (nSPS) is 11.2. The molecule has 0 saturated heterocycles. The molecule has 0 aromatic heterocycles. The number of anilines is 1. The molecule has 3 rings (SSSR count). The van der Waals surface area contributed by atoms with Crippen molar-refractivity contribution in [1.29, 1.82) is 0 Å². The van der Waals surface area contributed by atoms with Gasteiger partial charge in [-0.15, -0.1) is 0 Å². The maximum Gasteiger partial charge on any atom is 0.228 e. The van der Waals surface area contributed by atoms with E-state index in [2.05, 4.69) is 10.3 Å². The number of aliphatic imine (C=N–C) groups is 1. The summed E-state index contributed by atoms with van der Waals surface area (Å²) in [6.07, 6.45) is 0. The van der Waals surface area contributed by atoms with Crippen LogP contribution in [0.15, 0.2) is 83.9 Å². The molecule has 124 valence electrons. The molecule has 0 spiro atoms. The van der Waals surface area contributed by atoms with E-state index in [0.29, 0.717) is 11.4 Å². The monoisotopic (exact) mass is 328 g/mol. The Bertz CT molecular complexity index is 914. The Balaban J connectivity index is 2.00. The quantitative estimate of drug-likeness (QED) is 0.399. The minimum atomic E-state index is -0.136. The number of aryl methyl sites for hydroxylation is 2. The van der Waals surface area contributed by atoms with E-state index in [-0.39, 0.29) is 5.78 Å². The number of carbonyl (C=O) groups is 1. The molecular weight excluding hydrogens is 308 g/mol. The molecule has 3 aromatic carbocycles. The molecule has 3 heteroatoms. The number of hydrogen-bond acceptors (Lipinski definition) is 2. The van der Waals surface area contributed by atoms with Gasteiger partial charge in [0.05, 0.1) is 5.69 Å². The van der Waals surface area contributed by atoms with Gasteiger partial charge in [-0.3, -0.25) is 4.79 Å². The van der Waals surface area contributed by atoms with Gasteiger partial charge in [-0.05, 0) is 49.2 Å². The van der Waals surface area contributed by atoms with Crippen LogP contribution in [0.4, 0.5) is 11.4 Å². The van der Waals surface area contributed by atoms with Crippen LogP contribution in [-0.2, 0) is 0 Å². The fraction of sp³-hybridized carbons (Fsp3) is 0.0909. The Hall–Kier alpha value is -3.20. The highest BCUT2D eigenvalue weighted by molar-refractivity contribution is 6.49. The number of hydrogen-bond donors (Lipinski definition) is 1. The van der Waals surface area contributed by atoms with Gasteiger partial charge in [-0.2, -0.15) is 0 Å². The largest absolute Gasteiger partial charge is 0.337 e. The number of ketones is 1. The predicted molar refractivity (Wildman–Crippen MR) is 104 cm³/mol. The van der Waals surface area contributed by atoms with E-state index < -0.39 is 0 Å². The fourth-order valence-corrected chi connectivity index (χ4v) is 2.55. The molecular formula is C22H20N2O. The summed E-state index contributed by atoms with van der Waals surface area (Å²) in [5.41, 5.74) is 4.42. The number of amidine groups is 1. The lowest BCUT2D eigenvalue weighted by Crippen LogP contribution is -2.23. The summed E-state index contributed by atoms with van der Waals surface area (Å²) in [6, 6.07) is 24.9. The summed E-state index contributed by atoms with van der Waals surface area (Å²) in [6.45, 7) is 4.02. The second kappa shape index (κ2) is 7.58. The third kappa shape index (κ3) is 4.42. The van der Waals surface area contributed by atoms with Crippen LogP contribution >= 0.6 is 0 Å². The summed E-state index contributed by atoms with van der Waals surface area (Å²) in [5.74, 6) is 0.172. The van der Waals surface area contributed by atoms with Gasteiger partial charge in [0.2, 0.25) is 5.78 Å². The first-order valence-corrected chi connectivity index (χ1v) is 8.20. The SMILES string of the molecule is Cc1cccc(N=C(Nc2cccc(C)c2)C(=O)c2ccccc2)c1. The van der Waals surface area contributed by atoms with E-state index >= 15 is 0 Å². The van der Waals surface area contributed by atoms with Gasteiger partial charge in [0, 0.05) is 11.3 Å². The number of carbonyl (C=O) groups excluding carboxylic acids is 1. The molecule has 0 saturated carbocycles. The van der Waals surface area contributed by atoms with Crippen LogP contribution in [0.5, 0.6) is 0 Å². The number of benzene rings is 3. The van der Waals surface area contributed by atoms with Crippen LogP contribution in [-0.4, -0.2) is 11.6 Å². The molecule has 0 heterocycles. The fourth-order valence-electron chi connectivity index (χ4n) is 2.55. The van der Waals surface area contributed by atoms with E-state index in [0.717, 1.165) is 22.5 Å². The Morgan fingerprint density at radius 2 is 1.48 bits per heavy atom. The summed E-state index contributed by atoms with van der Waals surface area (Å²) >= 11 is 0. The molecule has 0 aliphatic rings. The van der Waals surface area contributed by atoms with Crippen molar-refractivity contribution in [3.8, 4) is 0 Å². The highest BCUT2D eigenvalue weighted by atomic mass is 16.1. The topological polar surface area (TPSA) is 41.5 Å². The average Bonchev–Trinajstić information content (AvgIpc) is 2.61. The molecule has 25 heavy (non-hydrogen) atoms. The van der Waals surface area contributed by atoms with Gasteiger partial charge in [-0.25, -0.2) is 4.99 Å². The first kappa shape index (κ1) is 16.7. The van der Waals surface area contributed by atoms with Crippen molar-refractivity contribution in [2.75, 3.05) is 5.32 Å². The molecule has 0 atom stereocenters. The Labute approximate surface area is 148 Å². The molecule has 0 aliphatic heterocycles. The number of rotatable bonds is 4. The van der Waals surface area contributed by atoms with Crippen LogP contribution < -0.4 is 5.32 Å². The number of Topliss-reactive ketones (excluding diaryl/α,β-unsaturated/α-hetero) is 1. The smallest absolute Gasteiger partial charge is 0.228 e. The van der Waals surface area contributed by atoms with Crippen molar-refractivity contribution in [2.45, 2.75) is 13.8 Å². The predicted octanol–water partition coefficient (Wildman–Crippen LogP) is 5.33. The van der Waals surface area contributed by atoms with Gasteiger partial charge in [0.15, 0.2) is 5.84 Å². The Morgan fingerprint density at radius 1 is 0.800 bits per heavy atom. The van der Waals surface area contributed by atoms with E-state index in [9.17, 15) is 4.79 Å². The van der Waals surface area contributed by atoms with Crippen LogP contribution in [0.25, 0.3) is 0 Å². The first-order valence-electron chi connectivity index (χ1n) is 8.20. The number of nitrogens with zero attached hydrogens (tertiary/aromatic N) is 1. The Kier molecular flexibility index (Phi) is 5.05. The van der Waals surface area contributed by atoms with Crippen molar-refractivity contribution in [1.82, 2.24) is 0 Å². The Morgan fingerprint density at radius 3 is 2.16 bits per heavy atom. The maximum atomic E-state index is 12.9. The molecule has 3 aromatic rings. The third-order valence-corrected chi connectivity index (χ3v) is 3.77. The zero-order valence-corrected chi connectivity index (χ0v) is 14.4. The van der Waals surface area contributed by atoms with Gasteiger partial charge in [0.1, 0.15) is 0 Å². The minimum Gasteiger partial charge on any atom is -0.337 e. The summed E-state index contributed by atoms with van der Waals surface area (Å²) in [5, 5.41) is 3.19. The van der Waals surface area contributed by atoms with E-state index in [1.165, 1.54) is 0 Å². The van der Waals surface area contributed by atoms with Crippen molar-refractivity contribution in [3.63, 3.8) is 0 Å². The average molecular weight is 328 g/mol. The molecule has 0 radical (unpaired) electrons. The summed E-state index contributed by atoms with van der Waals surface area (Å²) in [7, 11) is 0. The molecule has 0 aliphatic carbocycles. The maximum absolute atomic E-state index is 12.9. The van der Waals surface area contributed by atoms with Crippen LogP contribution in [0.2, 0.25) is 0 Å². The van der Waals surface area contributed by atoms with Crippen molar-refractivity contribution in [3.05, 3.63) is 95.6 Å². The second-order valence-corrected chi connectivity index (χ2v) is 5.99. The van der Waals surface area contributed by atoms with Crippen LogP contribution in [0.3, 0.4) is 0 Å². The third-order valence-electron chi connectivity index (χ3n) is 3.77. The number of nitrogens with one attached hydrogen (secondary N) is 1. The standard InChI is InChI=1S/C22H20N2O/c1-16-8-6-12-19(14-16)23-22(21(25)18-10-4-3-5-11-18)24-20-13-7-9-17(2)15-20/h3-15H,1-2H3,(H,23,24). The molecule has 1 N–H and O–H groups in total. The zero-order valence-electron chi connectivity index (χ0n) is 14.4. The van der Waals surface area contributed by atoms with Gasteiger partial charge < -0.3 is 5.32 Å². The lowest BCUT2D eigenvalue weighted by atomic mass is 10.1. The lowest BCUT2D eigenvalue weighted by molar-refractivity contribution is 0.106.